The molecule has 2 aromatic carbocycles. The normalized spacial score (nSPS) is 20.8. The summed E-state index contributed by atoms with van der Waals surface area (Å²) in [6.07, 6.45) is -4.05. The first-order valence-electron chi connectivity index (χ1n) is 13.9. The summed E-state index contributed by atoms with van der Waals surface area (Å²) in [7, 11) is 0. The van der Waals surface area contributed by atoms with Crippen molar-refractivity contribution >= 4 is 28.5 Å². The number of rotatable bonds is 7. The molecule has 1 aliphatic carbocycles. The molecule has 2 N–H and O–H groups in total. The zero-order valence-corrected chi connectivity index (χ0v) is 23.8. The Bertz CT molecular complexity index is 1590. The molecule has 9 nitrogen and oxygen atoms in total. The van der Waals surface area contributed by atoms with Crippen molar-refractivity contribution in [2.24, 2.45) is 5.41 Å². The van der Waals surface area contributed by atoms with Gasteiger partial charge < -0.3 is 20.1 Å². The lowest BCUT2D eigenvalue weighted by molar-refractivity contribution is -0.144. The van der Waals surface area contributed by atoms with Crippen LogP contribution in [0.1, 0.15) is 67.0 Å². The molecular formula is C30H33F3N4O5. The first-order chi connectivity index (χ1) is 19.7. The minimum absolute atomic E-state index is 0.0200. The van der Waals surface area contributed by atoms with Gasteiger partial charge in [-0.25, -0.2) is 4.98 Å². The number of alkyl halides is 3. The van der Waals surface area contributed by atoms with Crippen LogP contribution in [0.2, 0.25) is 0 Å². The Balaban J connectivity index is 1.44. The maximum absolute atomic E-state index is 14.2. The average molecular weight is 587 g/mol. The fourth-order valence-electron chi connectivity index (χ4n) is 5.64. The second-order valence-electron chi connectivity index (χ2n) is 11.5. The lowest BCUT2D eigenvalue weighted by Crippen LogP contribution is -2.48. The van der Waals surface area contributed by atoms with Crippen molar-refractivity contribution in [2.75, 3.05) is 18.4 Å². The van der Waals surface area contributed by atoms with Crippen molar-refractivity contribution in [1.82, 2.24) is 14.5 Å². The van der Waals surface area contributed by atoms with Crippen LogP contribution in [0.25, 0.3) is 10.9 Å². The summed E-state index contributed by atoms with van der Waals surface area (Å²) in [5.41, 5.74) is -1.88. The van der Waals surface area contributed by atoms with E-state index < -0.39 is 34.7 Å². The van der Waals surface area contributed by atoms with Gasteiger partial charge in [-0.1, -0.05) is 0 Å². The molecule has 2 aliphatic rings. The topological polar surface area (TPSA) is 114 Å². The van der Waals surface area contributed by atoms with Gasteiger partial charge in [0.1, 0.15) is 5.82 Å². The third kappa shape index (κ3) is 5.72. The first kappa shape index (κ1) is 29.6. The molecule has 3 unspecified atom stereocenters. The number of fused-ring (bicyclic) bond motifs is 1. The number of anilines is 1. The molecule has 1 aromatic heterocycles. The summed E-state index contributed by atoms with van der Waals surface area (Å²) >= 11 is 0. The number of benzene rings is 2. The SMILES string of the molecule is Cc1nc2cc(C(F)(F)F)c(C(C)Nc3ccc(C(=O)N4CC(C)OC(C)C4)cc3)cc2c(=O)n1CC1(C(=O)O)CC1. The molecule has 12 heteroatoms. The standard InChI is InChI=1S/C30H33F3N4O5/c1-16-13-36(14-17(2)42-16)26(38)20-5-7-21(8-6-20)34-18(3)22-11-23-25(12-24(22)30(31,32)33)35-19(4)37(27(23)39)15-29(9-10-29)28(40)41/h5-8,11-12,16-18,34H,9-10,13-15H2,1-4H3,(H,40,41). The highest BCUT2D eigenvalue weighted by Crippen LogP contribution is 2.47. The molecule has 2 heterocycles. The van der Waals surface area contributed by atoms with Gasteiger partial charge in [0.15, 0.2) is 0 Å². The number of carbonyl (C=O) groups is 2. The number of aliphatic carboxylic acids is 1. The van der Waals surface area contributed by atoms with Gasteiger partial charge in [0, 0.05) is 36.9 Å². The van der Waals surface area contributed by atoms with Gasteiger partial charge in [0.05, 0.1) is 34.1 Å². The average Bonchev–Trinajstić information content (AvgIpc) is 3.70. The summed E-state index contributed by atoms with van der Waals surface area (Å²) in [6, 6.07) is 7.69. The van der Waals surface area contributed by atoms with Crippen molar-refractivity contribution in [3.05, 3.63) is 69.3 Å². The number of aryl methyl sites for hydroxylation is 1. The van der Waals surface area contributed by atoms with E-state index in [4.69, 9.17) is 4.74 Å². The number of carboxylic acids is 1. The van der Waals surface area contributed by atoms with E-state index in [0.29, 0.717) is 37.2 Å². The number of hydrogen-bond acceptors (Lipinski definition) is 6. The molecule has 1 saturated heterocycles. The third-order valence-corrected chi connectivity index (χ3v) is 8.08. The number of ether oxygens (including phenoxy) is 1. The highest BCUT2D eigenvalue weighted by Gasteiger charge is 2.51. The lowest BCUT2D eigenvalue weighted by atomic mass is 9.97. The number of carbonyl (C=O) groups excluding carboxylic acids is 1. The Hall–Kier alpha value is -3.93. The van der Waals surface area contributed by atoms with Crippen LogP contribution in [0.3, 0.4) is 0 Å². The molecule has 0 spiro atoms. The molecule has 0 radical (unpaired) electrons. The summed E-state index contributed by atoms with van der Waals surface area (Å²) in [5, 5.41) is 12.6. The van der Waals surface area contributed by atoms with Crippen LogP contribution < -0.4 is 10.9 Å². The van der Waals surface area contributed by atoms with E-state index in [1.165, 1.54) is 17.6 Å². The molecule has 2 fully saturated rings. The number of aromatic nitrogens is 2. The number of halogens is 3. The van der Waals surface area contributed by atoms with E-state index in [1.54, 1.807) is 36.1 Å². The second-order valence-corrected chi connectivity index (χ2v) is 11.5. The van der Waals surface area contributed by atoms with Crippen LogP contribution in [0.15, 0.2) is 41.2 Å². The predicted molar refractivity (Wildman–Crippen MR) is 149 cm³/mol. The lowest BCUT2D eigenvalue weighted by Gasteiger charge is -2.35. The van der Waals surface area contributed by atoms with Gasteiger partial charge in [0.25, 0.3) is 11.5 Å². The Morgan fingerprint density at radius 3 is 2.31 bits per heavy atom. The minimum atomic E-state index is -4.71. The van der Waals surface area contributed by atoms with E-state index in [0.717, 1.165) is 6.07 Å². The van der Waals surface area contributed by atoms with E-state index in [2.05, 4.69) is 10.3 Å². The van der Waals surface area contributed by atoms with Crippen LogP contribution in [-0.2, 0) is 22.3 Å². The molecule has 42 heavy (non-hydrogen) atoms. The van der Waals surface area contributed by atoms with Crippen LogP contribution >= 0.6 is 0 Å². The Labute approximate surface area is 240 Å². The van der Waals surface area contributed by atoms with Crippen molar-refractivity contribution < 1.29 is 32.6 Å². The van der Waals surface area contributed by atoms with E-state index in [9.17, 15) is 32.7 Å². The van der Waals surface area contributed by atoms with E-state index >= 15 is 0 Å². The van der Waals surface area contributed by atoms with Crippen molar-refractivity contribution in [2.45, 2.75) is 71.5 Å². The Morgan fingerprint density at radius 1 is 1.14 bits per heavy atom. The number of nitrogens with one attached hydrogen (secondary N) is 1. The van der Waals surface area contributed by atoms with Crippen LogP contribution in [0, 0.1) is 12.3 Å². The highest BCUT2D eigenvalue weighted by molar-refractivity contribution is 5.94. The molecule has 3 atom stereocenters. The van der Waals surface area contributed by atoms with Gasteiger partial charge in [-0.05, 0) is 82.5 Å². The second kappa shape index (κ2) is 10.7. The zero-order valence-electron chi connectivity index (χ0n) is 23.8. The maximum Gasteiger partial charge on any atom is 0.416 e. The predicted octanol–water partition coefficient (Wildman–Crippen LogP) is 5.01. The summed E-state index contributed by atoms with van der Waals surface area (Å²) in [4.78, 5) is 44.1. The summed E-state index contributed by atoms with van der Waals surface area (Å²) < 4.78 is 49.5. The molecule has 3 aromatic rings. The fraction of sp³-hybridized carbons (Fsp3) is 0.467. The van der Waals surface area contributed by atoms with E-state index in [1.807, 2.05) is 13.8 Å². The fourth-order valence-corrected chi connectivity index (χ4v) is 5.64. The summed E-state index contributed by atoms with van der Waals surface area (Å²) in [5.74, 6) is -1.01. The molecule has 5 rings (SSSR count). The van der Waals surface area contributed by atoms with Crippen molar-refractivity contribution in [3.63, 3.8) is 0 Å². The summed E-state index contributed by atoms with van der Waals surface area (Å²) in [6.45, 7) is 7.68. The Kier molecular flexibility index (Phi) is 7.55. The van der Waals surface area contributed by atoms with Crippen LogP contribution in [0.5, 0.6) is 0 Å². The third-order valence-electron chi connectivity index (χ3n) is 8.08. The maximum atomic E-state index is 14.2. The number of carboxylic acid groups (broad SMARTS) is 1. The first-order valence-corrected chi connectivity index (χ1v) is 13.9. The molecule has 1 aliphatic heterocycles. The quantitative estimate of drug-likeness (QED) is 0.400. The van der Waals surface area contributed by atoms with E-state index in [-0.39, 0.29) is 47.0 Å². The van der Waals surface area contributed by atoms with Gasteiger partial charge in [0.2, 0.25) is 0 Å². The molecular weight excluding hydrogens is 553 g/mol. The minimum Gasteiger partial charge on any atom is -0.481 e. The molecule has 224 valence electrons. The molecule has 1 amide bonds. The van der Waals surface area contributed by atoms with Crippen LogP contribution in [-0.4, -0.2) is 56.7 Å². The van der Waals surface area contributed by atoms with Gasteiger partial charge in [-0.3, -0.25) is 19.0 Å². The molecule has 1 saturated carbocycles. The number of hydrogen-bond donors (Lipinski definition) is 2. The zero-order chi connectivity index (χ0) is 30.6. The smallest absolute Gasteiger partial charge is 0.416 e. The monoisotopic (exact) mass is 586 g/mol. The van der Waals surface area contributed by atoms with Crippen molar-refractivity contribution in [3.8, 4) is 0 Å². The van der Waals surface area contributed by atoms with Gasteiger partial charge >= 0.3 is 12.1 Å². The number of morpholine rings is 1. The largest absolute Gasteiger partial charge is 0.481 e. The van der Waals surface area contributed by atoms with Gasteiger partial charge in [-0.2, -0.15) is 13.2 Å². The van der Waals surface area contributed by atoms with Crippen molar-refractivity contribution in [1.29, 1.82) is 0 Å². The van der Waals surface area contributed by atoms with Gasteiger partial charge in [-0.15, -0.1) is 0 Å². The Morgan fingerprint density at radius 2 is 1.76 bits per heavy atom. The number of nitrogens with zero attached hydrogens (tertiary/aromatic N) is 3. The molecule has 0 bridgehead atoms. The highest BCUT2D eigenvalue weighted by atomic mass is 19.4. The number of amides is 1. The van der Waals surface area contributed by atoms with Crippen LogP contribution in [0.4, 0.5) is 18.9 Å².